The Kier molecular flexibility index (Phi) is 7.58. The molecule has 1 fully saturated rings. The first kappa shape index (κ1) is 16.0. The van der Waals surface area contributed by atoms with E-state index < -0.39 is 0 Å². The van der Waals surface area contributed by atoms with Gasteiger partial charge in [-0.15, -0.1) is 0 Å². The molecule has 20 heavy (non-hydrogen) atoms. The SMILES string of the molecule is CCCOC1CCCN(CCNCCc2ccsc2)C1. The minimum absolute atomic E-state index is 0.467. The van der Waals surface area contributed by atoms with Crippen molar-refractivity contribution in [2.24, 2.45) is 0 Å². The van der Waals surface area contributed by atoms with Gasteiger partial charge in [-0.1, -0.05) is 6.92 Å². The second kappa shape index (κ2) is 9.50. The average molecular weight is 296 g/mol. The van der Waals surface area contributed by atoms with Crippen molar-refractivity contribution in [2.45, 2.75) is 38.7 Å². The zero-order valence-corrected chi connectivity index (χ0v) is 13.5. The van der Waals surface area contributed by atoms with Crippen LogP contribution in [0.2, 0.25) is 0 Å². The molecule has 0 aliphatic carbocycles. The van der Waals surface area contributed by atoms with E-state index in [1.165, 1.54) is 24.9 Å². The number of thiophene rings is 1. The van der Waals surface area contributed by atoms with Crippen molar-refractivity contribution in [1.29, 1.82) is 0 Å². The molecule has 2 heterocycles. The van der Waals surface area contributed by atoms with Crippen LogP contribution in [0.5, 0.6) is 0 Å². The Labute approximate surface area is 127 Å². The fraction of sp³-hybridized carbons (Fsp3) is 0.750. The summed E-state index contributed by atoms with van der Waals surface area (Å²) >= 11 is 1.78. The first-order valence-electron chi connectivity index (χ1n) is 7.94. The van der Waals surface area contributed by atoms with E-state index in [4.69, 9.17) is 4.74 Å². The Hall–Kier alpha value is -0.420. The zero-order chi connectivity index (χ0) is 14.0. The van der Waals surface area contributed by atoms with E-state index in [9.17, 15) is 0 Å². The number of nitrogens with zero attached hydrogens (tertiary/aromatic N) is 1. The summed E-state index contributed by atoms with van der Waals surface area (Å²) in [4.78, 5) is 2.54. The van der Waals surface area contributed by atoms with Gasteiger partial charge < -0.3 is 10.1 Å². The minimum atomic E-state index is 0.467. The molecule has 1 saturated heterocycles. The molecule has 0 radical (unpaired) electrons. The van der Waals surface area contributed by atoms with E-state index in [1.54, 1.807) is 11.3 Å². The molecule has 1 aliphatic heterocycles. The molecular formula is C16H28N2OS. The first-order valence-corrected chi connectivity index (χ1v) is 8.88. The topological polar surface area (TPSA) is 24.5 Å². The molecule has 1 aromatic heterocycles. The number of piperidine rings is 1. The summed E-state index contributed by atoms with van der Waals surface area (Å²) in [6, 6.07) is 2.21. The lowest BCUT2D eigenvalue weighted by molar-refractivity contribution is 0.000388. The molecule has 0 spiro atoms. The number of nitrogens with one attached hydrogen (secondary N) is 1. The Balaban J connectivity index is 1.52. The molecule has 1 aromatic rings. The van der Waals surface area contributed by atoms with Crippen molar-refractivity contribution >= 4 is 11.3 Å². The van der Waals surface area contributed by atoms with Crippen LogP contribution in [0.3, 0.4) is 0 Å². The molecule has 4 heteroatoms. The van der Waals surface area contributed by atoms with Crippen LogP contribution in [-0.4, -0.2) is 50.3 Å². The van der Waals surface area contributed by atoms with Crippen LogP contribution in [0.15, 0.2) is 16.8 Å². The lowest BCUT2D eigenvalue weighted by atomic mass is 10.1. The summed E-state index contributed by atoms with van der Waals surface area (Å²) in [5.74, 6) is 0. The van der Waals surface area contributed by atoms with Crippen LogP contribution < -0.4 is 5.32 Å². The molecule has 3 nitrogen and oxygen atoms in total. The van der Waals surface area contributed by atoms with Crippen LogP contribution >= 0.6 is 11.3 Å². The lowest BCUT2D eigenvalue weighted by Gasteiger charge is -2.32. The number of likely N-dealkylation sites (tertiary alicyclic amines) is 1. The molecule has 1 unspecified atom stereocenters. The van der Waals surface area contributed by atoms with Crippen LogP contribution in [0.25, 0.3) is 0 Å². The largest absolute Gasteiger partial charge is 0.377 e. The van der Waals surface area contributed by atoms with Gasteiger partial charge in [0.15, 0.2) is 0 Å². The maximum Gasteiger partial charge on any atom is 0.0702 e. The predicted molar refractivity (Wildman–Crippen MR) is 86.6 cm³/mol. The van der Waals surface area contributed by atoms with Gasteiger partial charge in [-0.25, -0.2) is 0 Å². The van der Waals surface area contributed by atoms with Crippen molar-refractivity contribution in [1.82, 2.24) is 10.2 Å². The minimum Gasteiger partial charge on any atom is -0.377 e. The zero-order valence-electron chi connectivity index (χ0n) is 12.6. The molecule has 0 saturated carbocycles. The molecule has 1 N–H and O–H groups in total. The highest BCUT2D eigenvalue weighted by Gasteiger charge is 2.19. The van der Waals surface area contributed by atoms with Gasteiger partial charge in [0.1, 0.15) is 0 Å². The van der Waals surface area contributed by atoms with Gasteiger partial charge in [0, 0.05) is 26.2 Å². The summed E-state index contributed by atoms with van der Waals surface area (Å²) in [7, 11) is 0. The Bertz CT molecular complexity index is 342. The third kappa shape index (κ3) is 5.92. The van der Waals surface area contributed by atoms with Crippen molar-refractivity contribution in [3.8, 4) is 0 Å². The smallest absolute Gasteiger partial charge is 0.0702 e. The summed E-state index contributed by atoms with van der Waals surface area (Å²) in [6.07, 6.45) is 5.26. The quantitative estimate of drug-likeness (QED) is 0.709. The highest BCUT2D eigenvalue weighted by Crippen LogP contribution is 2.13. The fourth-order valence-corrected chi connectivity index (χ4v) is 3.37. The summed E-state index contributed by atoms with van der Waals surface area (Å²) < 4.78 is 5.88. The lowest BCUT2D eigenvalue weighted by Crippen LogP contribution is -2.43. The Morgan fingerprint density at radius 3 is 3.20 bits per heavy atom. The van der Waals surface area contributed by atoms with E-state index in [1.807, 2.05) is 0 Å². The Morgan fingerprint density at radius 1 is 1.45 bits per heavy atom. The molecule has 2 rings (SSSR count). The van der Waals surface area contributed by atoms with Crippen LogP contribution in [-0.2, 0) is 11.2 Å². The van der Waals surface area contributed by atoms with Crippen LogP contribution in [0.4, 0.5) is 0 Å². The Morgan fingerprint density at radius 2 is 2.40 bits per heavy atom. The van der Waals surface area contributed by atoms with Gasteiger partial charge in [-0.3, -0.25) is 4.90 Å². The highest BCUT2D eigenvalue weighted by atomic mass is 32.1. The van der Waals surface area contributed by atoms with Gasteiger partial charge in [0.05, 0.1) is 6.10 Å². The molecule has 0 aromatic carbocycles. The van der Waals surface area contributed by atoms with E-state index in [0.29, 0.717) is 6.10 Å². The normalized spacial score (nSPS) is 20.4. The standard InChI is InChI=1S/C16H28N2OS/c1-2-11-19-16-4-3-9-18(13-16)10-8-17-7-5-15-6-12-20-14-15/h6,12,14,16-17H,2-5,7-11,13H2,1H3. The second-order valence-corrected chi connectivity index (χ2v) is 6.35. The van der Waals surface area contributed by atoms with Gasteiger partial charge in [-0.2, -0.15) is 11.3 Å². The molecule has 0 bridgehead atoms. The molecular weight excluding hydrogens is 268 g/mol. The van der Waals surface area contributed by atoms with Crippen molar-refractivity contribution in [3.63, 3.8) is 0 Å². The summed E-state index contributed by atoms with van der Waals surface area (Å²) in [5.41, 5.74) is 1.45. The van der Waals surface area contributed by atoms with Gasteiger partial charge in [0.2, 0.25) is 0 Å². The third-order valence-electron chi connectivity index (χ3n) is 3.80. The molecule has 1 atom stereocenters. The number of ether oxygens (including phenoxy) is 1. The monoisotopic (exact) mass is 296 g/mol. The van der Waals surface area contributed by atoms with Crippen LogP contribution in [0, 0.1) is 0 Å². The van der Waals surface area contributed by atoms with Gasteiger partial charge in [0.25, 0.3) is 0 Å². The van der Waals surface area contributed by atoms with Crippen molar-refractivity contribution < 1.29 is 4.74 Å². The number of hydrogen-bond donors (Lipinski definition) is 1. The molecule has 0 amide bonds. The number of rotatable bonds is 9. The third-order valence-corrected chi connectivity index (χ3v) is 4.53. The second-order valence-electron chi connectivity index (χ2n) is 5.57. The molecule has 1 aliphatic rings. The van der Waals surface area contributed by atoms with E-state index >= 15 is 0 Å². The fourth-order valence-electron chi connectivity index (χ4n) is 2.67. The summed E-state index contributed by atoms with van der Waals surface area (Å²) in [6.45, 7) is 8.76. The van der Waals surface area contributed by atoms with E-state index in [-0.39, 0.29) is 0 Å². The van der Waals surface area contributed by atoms with Gasteiger partial charge in [-0.05, 0) is 61.2 Å². The van der Waals surface area contributed by atoms with E-state index in [0.717, 1.165) is 45.6 Å². The van der Waals surface area contributed by atoms with Crippen molar-refractivity contribution in [2.75, 3.05) is 39.3 Å². The van der Waals surface area contributed by atoms with Crippen molar-refractivity contribution in [3.05, 3.63) is 22.4 Å². The maximum atomic E-state index is 5.88. The molecule has 114 valence electrons. The average Bonchev–Trinajstić information content (AvgIpc) is 2.98. The van der Waals surface area contributed by atoms with Gasteiger partial charge >= 0.3 is 0 Å². The van der Waals surface area contributed by atoms with Crippen LogP contribution in [0.1, 0.15) is 31.7 Å². The van der Waals surface area contributed by atoms with E-state index in [2.05, 4.69) is 34.0 Å². The highest BCUT2D eigenvalue weighted by molar-refractivity contribution is 7.07. The summed E-state index contributed by atoms with van der Waals surface area (Å²) in [5, 5.41) is 7.94. The predicted octanol–water partition coefficient (Wildman–Crippen LogP) is 2.77. The maximum absolute atomic E-state index is 5.88. The first-order chi connectivity index (χ1) is 9.88. The number of hydrogen-bond acceptors (Lipinski definition) is 4.